The number of H-pyrrole nitrogens is 1. The highest BCUT2D eigenvalue weighted by molar-refractivity contribution is 5.83. The van der Waals surface area contributed by atoms with E-state index in [1.807, 2.05) is 24.3 Å². The lowest BCUT2D eigenvalue weighted by Crippen LogP contribution is -2.12. The first-order chi connectivity index (χ1) is 13.2. The molecule has 0 atom stereocenters. The SMILES string of the molecule is COc1cccc2c1OCC(/C=C(\C#N)c1nc3ccccc3c(=O)[nH]1)=C2. The number of methoxy groups -OCH3 is 1. The second kappa shape index (κ2) is 6.81. The van der Waals surface area contributed by atoms with Crippen LogP contribution >= 0.6 is 0 Å². The van der Waals surface area contributed by atoms with Gasteiger partial charge in [-0.05, 0) is 35.9 Å². The number of aromatic nitrogens is 2. The van der Waals surface area contributed by atoms with Gasteiger partial charge in [0.25, 0.3) is 5.56 Å². The number of nitrogens with zero attached hydrogens (tertiary/aromatic N) is 2. The number of aromatic amines is 1. The molecule has 0 spiro atoms. The maximum absolute atomic E-state index is 12.3. The van der Waals surface area contributed by atoms with Gasteiger partial charge in [-0.25, -0.2) is 4.98 Å². The number of fused-ring (bicyclic) bond motifs is 2. The maximum atomic E-state index is 12.3. The van der Waals surface area contributed by atoms with E-state index < -0.39 is 0 Å². The Hall–Kier alpha value is -3.85. The van der Waals surface area contributed by atoms with Crippen LogP contribution in [0, 0.1) is 11.3 Å². The Morgan fingerprint density at radius 2 is 2.15 bits per heavy atom. The molecule has 132 valence electrons. The number of hydrogen-bond acceptors (Lipinski definition) is 5. The van der Waals surface area contributed by atoms with Crippen molar-refractivity contribution in [3.05, 3.63) is 75.9 Å². The van der Waals surface area contributed by atoms with E-state index in [0.29, 0.717) is 22.4 Å². The number of para-hydroxylation sites is 2. The number of rotatable bonds is 3. The van der Waals surface area contributed by atoms with Gasteiger partial charge >= 0.3 is 0 Å². The largest absolute Gasteiger partial charge is 0.493 e. The minimum atomic E-state index is -0.277. The quantitative estimate of drug-likeness (QED) is 0.727. The molecule has 1 aromatic heterocycles. The number of benzene rings is 2. The summed E-state index contributed by atoms with van der Waals surface area (Å²) in [5, 5.41) is 10.1. The lowest BCUT2D eigenvalue weighted by Gasteiger charge is -2.18. The predicted molar refractivity (Wildman–Crippen MR) is 102 cm³/mol. The Morgan fingerprint density at radius 1 is 1.30 bits per heavy atom. The summed E-state index contributed by atoms with van der Waals surface area (Å²) in [5.74, 6) is 1.57. The molecule has 6 nitrogen and oxygen atoms in total. The Morgan fingerprint density at radius 3 is 2.96 bits per heavy atom. The molecule has 0 unspecified atom stereocenters. The lowest BCUT2D eigenvalue weighted by molar-refractivity contribution is 0.318. The van der Waals surface area contributed by atoms with Crippen LogP contribution in [-0.2, 0) is 0 Å². The normalized spacial score (nSPS) is 13.3. The zero-order valence-corrected chi connectivity index (χ0v) is 14.5. The molecule has 0 fully saturated rings. The Labute approximate surface area is 155 Å². The van der Waals surface area contributed by atoms with Gasteiger partial charge < -0.3 is 14.5 Å². The zero-order chi connectivity index (χ0) is 18.8. The van der Waals surface area contributed by atoms with Gasteiger partial charge in [-0.3, -0.25) is 4.79 Å². The second-order valence-electron chi connectivity index (χ2n) is 5.99. The van der Waals surface area contributed by atoms with Gasteiger partial charge in [0.15, 0.2) is 17.3 Å². The van der Waals surface area contributed by atoms with E-state index in [1.165, 1.54) is 0 Å². The molecule has 4 rings (SSSR count). The van der Waals surface area contributed by atoms with E-state index in [9.17, 15) is 10.1 Å². The molecular weight excluding hydrogens is 342 g/mol. The molecule has 1 aliphatic heterocycles. The summed E-state index contributed by atoms with van der Waals surface area (Å²) in [5.41, 5.74) is 2.19. The third-order valence-corrected chi connectivity index (χ3v) is 4.27. The summed E-state index contributed by atoms with van der Waals surface area (Å²) in [6.07, 6.45) is 3.60. The molecule has 0 bridgehead atoms. The molecule has 6 heteroatoms. The smallest absolute Gasteiger partial charge is 0.259 e. The molecule has 0 saturated carbocycles. The Bertz CT molecular complexity index is 1200. The number of hydrogen-bond donors (Lipinski definition) is 1. The molecule has 0 saturated heterocycles. The van der Waals surface area contributed by atoms with E-state index in [0.717, 1.165) is 11.1 Å². The van der Waals surface area contributed by atoms with Crippen LogP contribution in [0.1, 0.15) is 11.4 Å². The maximum Gasteiger partial charge on any atom is 0.259 e. The van der Waals surface area contributed by atoms with Crippen LogP contribution in [0.25, 0.3) is 22.6 Å². The first-order valence-corrected chi connectivity index (χ1v) is 8.31. The monoisotopic (exact) mass is 357 g/mol. The van der Waals surface area contributed by atoms with Crippen LogP contribution in [0.15, 0.2) is 58.9 Å². The standard InChI is InChI=1S/C21H15N3O3/c1-26-18-8-4-5-14-9-13(12-27-19(14)18)10-15(11-22)20-23-17-7-3-2-6-16(17)21(25)24-20/h2-10H,12H2,1H3,(H,23,24,25)/b15-10+. The second-order valence-corrected chi connectivity index (χ2v) is 5.99. The Balaban J connectivity index is 1.77. The molecule has 1 N–H and O–H groups in total. The highest BCUT2D eigenvalue weighted by atomic mass is 16.5. The summed E-state index contributed by atoms with van der Waals surface area (Å²) in [4.78, 5) is 19.4. The summed E-state index contributed by atoms with van der Waals surface area (Å²) in [6, 6.07) is 14.7. The van der Waals surface area contributed by atoms with Gasteiger partial charge in [-0.15, -0.1) is 0 Å². The van der Waals surface area contributed by atoms with Crippen molar-refractivity contribution in [2.45, 2.75) is 0 Å². The number of nitriles is 1. The molecule has 1 aliphatic rings. The molecular formula is C21H15N3O3. The highest BCUT2D eigenvalue weighted by Gasteiger charge is 2.16. The van der Waals surface area contributed by atoms with Crippen LogP contribution < -0.4 is 15.0 Å². The van der Waals surface area contributed by atoms with Gasteiger partial charge in [0.1, 0.15) is 12.7 Å². The van der Waals surface area contributed by atoms with Crippen molar-refractivity contribution >= 4 is 22.6 Å². The molecule has 2 heterocycles. The fraction of sp³-hybridized carbons (Fsp3) is 0.0952. The van der Waals surface area contributed by atoms with Gasteiger partial charge in [-0.1, -0.05) is 24.3 Å². The number of ether oxygens (including phenoxy) is 2. The molecule has 27 heavy (non-hydrogen) atoms. The average Bonchev–Trinajstić information content (AvgIpc) is 2.71. The Kier molecular flexibility index (Phi) is 4.19. The molecule has 0 radical (unpaired) electrons. The minimum absolute atomic E-state index is 0.235. The summed E-state index contributed by atoms with van der Waals surface area (Å²) in [7, 11) is 1.59. The minimum Gasteiger partial charge on any atom is -0.493 e. The number of nitrogens with one attached hydrogen (secondary N) is 1. The lowest BCUT2D eigenvalue weighted by atomic mass is 10.0. The van der Waals surface area contributed by atoms with Crippen LogP contribution in [-0.4, -0.2) is 23.7 Å². The van der Waals surface area contributed by atoms with Gasteiger partial charge in [-0.2, -0.15) is 5.26 Å². The first kappa shape index (κ1) is 16.6. The van der Waals surface area contributed by atoms with Crippen molar-refractivity contribution in [2.75, 3.05) is 13.7 Å². The van der Waals surface area contributed by atoms with E-state index in [1.54, 1.807) is 37.5 Å². The summed E-state index contributed by atoms with van der Waals surface area (Å²) >= 11 is 0. The van der Waals surface area contributed by atoms with Crippen molar-refractivity contribution in [2.24, 2.45) is 0 Å². The zero-order valence-electron chi connectivity index (χ0n) is 14.5. The van der Waals surface area contributed by atoms with Crippen molar-refractivity contribution in [1.82, 2.24) is 9.97 Å². The van der Waals surface area contributed by atoms with Crippen LogP contribution in [0.3, 0.4) is 0 Å². The fourth-order valence-electron chi connectivity index (χ4n) is 2.99. The van der Waals surface area contributed by atoms with Crippen molar-refractivity contribution in [3.8, 4) is 17.6 Å². The first-order valence-electron chi connectivity index (χ1n) is 8.31. The average molecular weight is 357 g/mol. The third kappa shape index (κ3) is 3.07. The van der Waals surface area contributed by atoms with Gasteiger partial charge in [0.05, 0.1) is 23.6 Å². The summed E-state index contributed by atoms with van der Waals surface area (Å²) in [6.45, 7) is 0.288. The number of allylic oxidation sites excluding steroid dienone is 1. The van der Waals surface area contributed by atoms with Gasteiger partial charge in [0.2, 0.25) is 0 Å². The van der Waals surface area contributed by atoms with Gasteiger partial charge in [0, 0.05) is 5.56 Å². The topological polar surface area (TPSA) is 88.0 Å². The highest BCUT2D eigenvalue weighted by Crippen LogP contribution is 2.36. The summed E-state index contributed by atoms with van der Waals surface area (Å²) < 4.78 is 11.1. The third-order valence-electron chi connectivity index (χ3n) is 4.27. The van der Waals surface area contributed by atoms with E-state index >= 15 is 0 Å². The van der Waals surface area contributed by atoms with Crippen LogP contribution in [0.5, 0.6) is 11.5 Å². The van der Waals surface area contributed by atoms with Crippen molar-refractivity contribution in [1.29, 1.82) is 5.26 Å². The molecule has 2 aromatic carbocycles. The van der Waals surface area contributed by atoms with E-state index in [2.05, 4.69) is 16.0 Å². The molecule has 0 aliphatic carbocycles. The fourth-order valence-corrected chi connectivity index (χ4v) is 2.99. The molecule has 0 amide bonds. The molecule has 3 aromatic rings. The predicted octanol–water partition coefficient (Wildman–Crippen LogP) is 3.31. The van der Waals surface area contributed by atoms with Crippen LogP contribution in [0.4, 0.5) is 0 Å². The van der Waals surface area contributed by atoms with E-state index in [-0.39, 0.29) is 23.6 Å². The van der Waals surface area contributed by atoms with E-state index in [4.69, 9.17) is 9.47 Å². The van der Waals surface area contributed by atoms with Crippen molar-refractivity contribution < 1.29 is 9.47 Å². The van der Waals surface area contributed by atoms with Crippen LogP contribution in [0.2, 0.25) is 0 Å². The van der Waals surface area contributed by atoms with Crippen molar-refractivity contribution in [3.63, 3.8) is 0 Å².